The van der Waals surface area contributed by atoms with Crippen LogP contribution in [0, 0.1) is 5.21 Å². The Bertz CT molecular complexity index is 780. The van der Waals surface area contributed by atoms with E-state index < -0.39 is 0 Å². The zero-order chi connectivity index (χ0) is 15.6. The maximum absolute atomic E-state index is 11.8. The SMILES string of the molecule is [O-][n+]1ccccc1N1CCN(Cc2nc3cccnc3s2)CC1. The zero-order valence-electron chi connectivity index (χ0n) is 12.6. The standard InChI is InChI=1S/C16H17N5OS/c22-21-7-2-1-5-15(21)20-10-8-19(9-11-20)12-14-18-13-4-3-6-17-16(13)23-14/h1-7H,8-12H2. The normalized spacial score (nSPS) is 16.1. The van der Waals surface area contributed by atoms with E-state index in [2.05, 4.69) is 19.8 Å². The van der Waals surface area contributed by atoms with Crippen LogP contribution in [0.2, 0.25) is 0 Å². The van der Waals surface area contributed by atoms with Gasteiger partial charge in [0, 0.05) is 25.4 Å². The van der Waals surface area contributed by atoms with Crippen LogP contribution in [0.5, 0.6) is 0 Å². The Balaban J connectivity index is 1.41. The van der Waals surface area contributed by atoms with Crippen molar-refractivity contribution in [3.63, 3.8) is 0 Å². The predicted molar refractivity (Wildman–Crippen MR) is 90.3 cm³/mol. The Kier molecular flexibility index (Phi) is 3.80. The lowest BCUT2D eigenvalue weighted by Crippen LogP contribution is -2.49. The topological polar surface area (TPSA) is 59.2 Å². The third kappa shape index (κ3) is 2.97. The Morgan fingerprint density at radius 3 is 2.78 bits per heavy atom. The summed E-state index contributed by atoms with van der Waals surface area (Å²) in [6.45, 7) is 4.42. The highest BCUT2D eigenvalue weighted by molar-refractivity contribution is 7.18. The molecule has 0 amide bonds. The molecule has 0 aromatic carbocycles. The van der Waals surface area contributed by atoms with Gasteiger partial charge < -0.3 is 5.21 Å². The van der Waals surface area contributed by atoms with Crippen LogP contribution in [0.4, 0.5) is 5.82 Å². The van der Waals surface area contributed by atoms with Crippen LogP contribution in [0.15, 0.2) is 42.7 Å². The van der Waals surface area contributed by atoms with Crippen molar-refractivity contribution in [2.24, 2.45) is 0 Å². The summed E-state index contributed by atoms with van der Waals surface area (Å²) in [6.07, 6.45) is 3.36. The molecular weight excluding hydrogens is 310 g/mol. The molecule has 7 heteroatoms. The number of rotatable bonds is 3. The van der Waals surface area contributed by atoms with E-state index in [1.807, 2.05) is 24.3 Å². The van der Waals surface area contributed by atoms with Gasteiger partial charge in [-0.15, -0.1) is 0 Å². The first-order chi connectivity index (χ1) is 11.3. The van der Waals surface area contributed by atoms with Crippen molar-refractivity contribution >= 4 is 27.5 Å². The summed E-state index contributed by atoms with van der Waals surface area (Å²) >= 11 is 1.66. The molecule has 1 fully saturated rings. The van der Waals surface area contributed by atoms with E-state index in [4.69, 9.17) is 0 Å². The number of piperazine rings is 1. The molecule has 3 aromatic rings. The van der Waals surface area contributed by atoms with Gasteiger partial charge >= 0.3 is 0 Å². The molecule has 6 nitrogen and oxygen atoms in total. The van der Waals surface area contributed by atoms with Gasteiger partial charge in [0.15, 0.2) is 0 Å². The average molecular weight is 327 g/mol. The fourth-order valence-electron chi connectivity index (χ4n) is 2.87. The molecule has 3 aromatic heterocycles. The van der Waals surface area contributed by atoms with Crippen molar-refractivity contribution in [2.45, 2.75) is 6.54 Å². The summed E-state index contributed by atoms with van der Waals surface area (Å²) in [5.41, 5.74) is 0.975. The van der Waals surface area contributed by atoms with Crippen LogP contribution in [0.1, 0.15) is 5.01 Å². The predicted octanol–water partition coefficient (Wildman–Crippen LogP) is 1.65. The molecule has 118 valence electrons. The van der Waals surface area contributed by atoms with E-state index in [1.165, 1.54) is 0 Å². The van der Waals surface area contributed by atoms with Gasteiger partial charge in [-0.25, -0.2) is 14.7 Å². The van der Waals surface area contributed by atoms with E-state index in [0.717, 1.165) is 58.6 Å². The Labute approximate surface area is 138 Å². The number of pyridine rings is 2. The van der Waals surface area contributed by atoms with Crippen LogP contribution in [-0.2, 0) is 6.54 Å². The molecular formula is C16H17N5OS. The molecule has 0 N–H and O–H groups in total. The summed E-state index contributed by atoms with van der Waals surface area (Å²) in [6, 6.07) is 9.46. The largest absolute Gasteiger partial charge is 0.711 e. The van der Waals surface area contributed by atoms with Gasteiger partial charge in [0.1, 0.15) is 15.4 Å². The molecule has 1 aliphatic heterocycles. The van der Waals surface area contributed by atoms with Crippen LogP contribution < -0.4 is 9.63 Å². The number of hydrogen-bond acceptors (Lipinski definition) is 6. The fraction of sp³-hybridized carbons (Fsp3) is 0.312. The first kappa shape index (κ1) is 14.3. The molecule has 0 spiro atoms. The molecule has 4 heterocycles. The lowest BCUT2D eigenvalue weighted by molar-refractivity contribution is -0.592. The van der Waals surface area contributed by atoms with Gasteiger partial charge in [-0.1, -0.05) is 17.4 Å². The highest BCUT2D eigenvalue weighted by Gasteiger charge is 2.24. The first-order valence-electron chi connectivity index (χ1n) is 7.65. The molecule has 0 saturated carbocycles. The van der Waals surface area contributed by atoms with Gasteiger partial charge in [0.05, 0.1) is 25.8 Å². The molecule has 0 aliphatic carbocycles. The molecule has 1 aliphatic rings. The van der Waals surface area contributed by atoms with Gasteiger partial charge in [-0.05, 0) is 18.2 Å². The molecule has 0 unspecified atom stereocenters. The molecule has 4 rings (SSSR count). The van der Waals surface area contributed by atoms with Crippen molar-refractivity contribution in [3.8, 4) is 0 Å². The summed E-state index contributed by atoms with van der Waals surface area (Å²) in [5.74, 6) is 0.733. The summed E-state index contributed by atoms with van der Waals surface area (Å²) in [5, 5.41) is 12.9. The van der Waals surface area contributed by atoms with Crippen molar-refractivity contribution in [1.29, 1.82) is 0 Å². The number of anilines is 1. The smallest absolute Gasteiger partial charge is 0.279 e. The van der Waals surface area contributed by atoms with Gasteiger partial charge in [-0.3, -0.25) is 9.80 Å². The zero-order valence-corrected chi connectivity index (χ0v) is 13.4. The van der Waals surface area contributed by atoms with Crippen molar-refractivity contribution in [1.82, 2.24) is 14.9 Å². The second kappa shape index (κ2) is 6.10. The van der Waals surface area contributed by atoms with Crippen LogP contribution in [0.25, 0.3) is 10.3 Å². The quantitative estimate of drug-likeness (QED) is 0.541. The minimum Gasteiger partial charge on any atom is -0.711 e. The second-order valence-corrected chi connectivity index (χ2v) is 6.65. The minimum absolute atomic E-state index is 0.733. The van der Waals surface area contributed by atoms with E-state index in [9.17, 15) is 5.21 Å². The Hall–Kier alpha value is -2.25. The summed E-state index contributed by atoms with van der Waals surface area (Å²) in [7, 11) is 0. The van der Waals surface area contributed by atoms with Gasteiger partial charge in [0.25, 0.3) is 5.82 Å². The third-order valence-electron chi connectivity index (χ3n) is 4.07. The molecule has 23 heavy (non-hydrogen) atoms. The number of aromatic nitrogens is 3. The monoisotopic (exact) mass is 327 g/mol. The molecule has 1 saturated heterocycles. The van der Waals surface area contributed by atoms with Crippen molar-refractivity contribution in [2.75, 3.05) is 31.1 Å². The van der Waals surface area contributed by atoms with Crippen molar-refractivity contribution in [3.05, 3.63) is 52.9 Å². The highest BCUT2D eigenvalue weighted by Crippen LogP contribution is 2.21. The maximum atomic E-state index is 11.8. The van der Waals surface area contributed by atoms with E-state index >= 15 is 0 Å². The van der Waals surface area contributed by atoms with Gasteiger partial charge in [-0.2, -0.15) is 0 Å². The van der Waals surface area contributed by atoms with E-state index in [1.54, 1.807) is 29.8 Å². The molecule has 0 atom stereocenters. The Morgan fingerprint density at radius 2 is 2.00 bits per heavy atom. The highest BCUT2D eigenvalue weighted by atomic mass is 32.1. The lowest BCUT2D eigenvalue weighted by Gasteiger charge is -2.31. The van der Waals surface area contributed by atoms with Crippen LogP contribution in [0.3, 0.4) is 0 Å². The fourth-order valence-corrected chi connectivity index (χ4v) is 3.82. The lowest BCUT2D eigenvalue weighted by atomic mass is 10.3. The Morgan fingerprint density at radius 1 is 1.13 bits per heavy atom. The maximum Gasteiger partial charge on any atom is 0.279 e. The number of hydrogen-bond donors (Lipinski definition) is 0. The molecule has 0 radical (unpaired) electrons. The van der Waals surface area contributed by atoms with Crippen molar-refractivity contribution < 1.29 is 4.73 Å². The summed E-state index contributed by atoms with van der Waals surface area (Å²) in [4.78, 5) is 14.5. The van der Waals surface area contributed by atoms with Crippen LogP contribution in [-0.4, -0.2) is 41.0 Å². The average Bonchev–Trinajstić information content (AvgIpc) is 2.98. The van der Waals surface area contributed by atoms with E-state index in [0.29, 0.717) is 0 Å². The summed E-state index contributed by atoms with van der Waals surface area (Å²) < 4.78 is 0.939. The number of fused-ring (bicyclic) bond motifs is 1. The number of thiazole rings is 1. The second-order valence-electron chi connectivity index (χ2n) is 5.58. The van der Waals surface area contributed by atoms with Gasteiger partial charge in [0.2, 0.25) is 0 Å². The van der Waals surface area contributed by atoms with Crippen LogP contribution >= 0.6 is 11.3 Å². The van der Waals surface area contributed by atoms with E-state index in [-0.39, 0.29) is 0 Å². The third-order valence-corrected chi connectivity index (χ3v) is 5.03. The molecule has 0 bridgehead atoms. The minimum atomic E-state index is 0.733. The first-order valence-corrected chi connectivity index (χ1v) is 8.47. The number of nitrogens with zero attached hydrogens (tertiary/aromatic N) is 5.